The van der Waals surface area contributed by atoms with E-state index in [0.717, 1.165) is 0 Å². The van der Waals surface area contributed by atoms with Gasteiger partial charge in [0.05, 0.1) is 0 Å². The molecule has 1 N–H and O–H groups in total. The van der Waals surface area contributed by atoms with Crippen LogP contribution in [0.1, 0.15) is 30.1 Å². The maximum absolute atomic E-state index is 12.0. The van der Waals surface area contributed by atoms with E-state index in [0.29, 0.717) is 5.56 Å². The van der Waals surface area contributed by atoms with E-state index in [1.54, 1.807) is 30.3 Å². The van der Waals surface area contributed by atoms with Crippen LogP contribution < -0.4 is 5.43 Å². The highest BCUT2D eigenvalue weighted by Gasteiger charge is 2.24. The third-order valence-corrected chi connectivity index (χ3v) is 2.85. The van der Waals surface area contributed by atoms with E-state index in [1.165, 1.54) is 6.92 Å². The van der Waals surface area contributed by atoms with Gasteiger partial charge in [0, 0.05) is 18.4 Å². The van der Waals surface area contributed by atoms with Crippen LogP contribution in [0.2, 0.25) is 0 Å². The third kappa shape index (κ3) is 3.28. The lowest BCUT2D eigenvalue weighted by molar-refractivity contribution is -0.138. The first-order chi connectivity index (χ1) is 9.58. The van der Waals surface area contributed by atoms with E-state index < -0.39 is 12.1 Å². The summed E-state index contributed by atoms with van der Waals surface area (Å²) in [6.07, 6.45) is -0.489. The monoisotopic (exact) mass is 274 g/mol. The zero-order valence-corrected chi connectivity index (χ0v) is 11.0. The molecule has 1 atom stereocenters. The molecule has 0 radical (unpaired) electrons. The molecular formula is C14H14N2O4. The molecular weight excluding hydrogens is 260 g/mol. The molecule has 0 spiro atoms. The van der Waals surface area contributed by atoms with Crippen LogP contribution in [-0.2, 0) is 14.3 Å². The summed E-state index contributed by atoms with van der Waals surface area (Å²) >= 11 is 0. The Morgan fingerprint density at radius 1 is 1.25 bits per heavy atom. The van der Waals surface area contributed by atoms with Crippen molar-refractivity contribution in [3.63, 3.8) is 0 Å². The highest BCUT2D eigenvalue weighted by Crippen LogP contribution is 2.08. The number of ether oxygens (including phenoxy) is 1. The summed E-state index contributed by atoms with van der Waals surface area (Å²) in [5.74, 6) is -1.20. The Morgan fingerprint density at radius 2 is 1.95 bits per heavy atom. The second kappa shape index (κ2) is 6.10. The van der Waals surface area contributed by atoms with Gasteiger partial charge in [-0.25, -0.2) is 10.2 Å². The Bertz CT molecular complexity index is 566. The number of rotatable bonds is 4. The molecule has 1 aliphatic rings. The molecule has 1 aromatic carbocycles. The number of carbonyl (C=O) groups excluding carboxylic acids is 3. The molecule has 0 bridgehead atoms. The molecule has 0 fully saturated rings. The normalized spacial score (nSPS) is 15.8. The van der Waals surface area contributed by atoms with Gasteiger partial charge in [0.15, 0.2) is 6.10 Å². The van der Waals surface area contributed by atoms with Gasteiger partial charge in [-0.1, -0.05) is 30.3 Å². The number of carbonyl (C=O) groups is 3. The summed E-state index contributed by atoms with van der Waals surface area (Å²) < 4.78 is 5.07. The van der Waals surface area contributed by atoms with E-state index in [4.69, 9.17) is 4.74 Å². The van der Waals surface area contributed by atoms with Crippen molar-refractivity contribution in [3.8, 4) is 0 Å². The number of hydrogen-bond donors (Lipinski definition) is 1. The van der Waals surface area contributed by atoms with Crippen molar-refractivity contribution >= 4 is 23.4 Å². The third-order valence-electron chi connectivity index (χ3n) is 2.85. The molecule has 20 heavy (non-hydrogen) atoms. The fourth-order valence-corrected chi connectivity index (χ4v) is 1.74. The first-order valence-corrected chi connectivity index (χ1v) is 6.23. The van der Waals surface area contributed by atoms with Crippen LogP contribution in [0.3, 0.4) is 0 Å². The molecule has 2 rings (SSSR count). The SMILES string of the molecule is C[C@H](OC(=O)C1=NNC(=O)CC1)C(=O)c1ccccc1. The number of benzene rings is 1. The van der Waals surface area contributed by atoms with Crippen molar-refractivity contribution in [2.75, 3.05) is 0 Å². The van der Waals surface area contributed by atoms with Gasteiger partial charge in [0.25, 0.3) is 0 Å². The Morgan fingerprint density at radius 3 is 2.55 bits per heavy atom. The van der Waals surface area contributed by atoms with Crippen molar-refractivity contribution < 1.29 is 19.1 Å². The van der Waals surface area contributed by atoms with Gasteiger partial charge >= 0.3 is 5.97 Å². The molecule has 0 aliphatic carbocycles. The number of ketones is 1. The van der Waals surface area contributed by atoms with Crippen molar-refractivity contribution in [1.82, 2.24) is 5.43 Å². The standard InChI is InChI=1S/C14H14N2O4/c1-9(13(18)10-5-3-2-4-6-10)20-14(19)11-7-8-12(17)16-15-11/h2-6,9H,7-8H2,1H3,(H,16,17)/t9-/m0/s1. The molecule has 1 aliphatic heterocycles. The number of amides is 1. The Hall–Kier alpha value is -2.50. The van der Waals surface area contributed by atoms with Crippen LogP contribution in [0.5, 0.6) is 0 Å². The lowest BCUT2D eigenvalue weighted by Crippen LogP contribution is -2.34. The maximum Gasteiger partial charge on any atom is 0.355 e. The van der Waals surface area contributed by atoms with E-state index in [-0.39, 0.29) is 30.2 Å². The summed E-state index contributed by atoms with van der Waals surface area (Å²) in [6, 6.07) is 8.59. The van der Waals surface area contributed by atoms with Crippen LogP contribution in [-0.4, -0.2) is 29.5 Å². The van der Waals surface area contributed by atoms with Crippen LogP contribution in [0.15, 0.2) is 35.4 Å². The number of Topliss-reactive ketones (excluding diaryl/α,β-unsaturated/α-hetero) is 1. The fraction of sp³-hybridized carbons (Fsp3) is 0.286. The summed E-state index contributed by atoms with van der Waals surface area (Å²) in [5.41, 5.74) is 2.81. The summed E-state index contributed by atoms with van der Waals surface area (Å²) in [7, 11) is 0. The zero-order chi connectivity index (χ0) is 14.5. The van der Waals surface area contributed by atoms with Gasteiger partial charge in [0.1, 0.15) is 5.71 Å². The molecule has 1 amide bonds. The second-order valence-corrected chi connectivity index (χ2v) is 4.37. The van der Waals surface area contributed by atoms with Gasteiger partial charge in [0.2, 0.25) is 11.7 Å². The summed E-state index contributed by atoms with van der Waals surface area (Å²) in [4.78, 5) is 34.7. The molecule has 6 nitrogen and oxygen atoms in total. The van der Waals surface area contributed by atoms with Crippen LogP contribution in [0.25, 0.3) is 0 Å². The van der Waals surface area contributed by atoms with Crippen molar-refractivity contribution in [2.24, 2.45) is 5.10 Å². The number of esters is 1. The summed E-state index contributed by atoms with van der Waals surface area (Å²) in [5, 5.41) is 3.63. The summed E-state index contributed by atoms with van der Waals surface area (Å²) in [6.45, 7) is 1.51. The number of nitrogens with zero attached hydrogens (tertiary/aromatic N) is 1. The molecule has 104 valence electrons. The smallest absolute Gasteiger partial charge is 0.355 e. The Balaban J connectivity index is 1.98. The predicted octanol–water partition coefficient (Wildman–Crippen LogP) is 1.07. The first kappa shape index (κ1) is 13.9. The quantitative estimate of drug-likeness (QED) is 0.657. The zero-order valence-electron chi connectivity index (χ0n) is 11.0. The lowest BCUT2D eigenvalue weighted by atomic mass is 10.1. The Kier molecular flexibility index (Phi) is 4.24. The molecule has 0 aromatic heterocycles. The first-order valence-electron chi connectivity index (χ1n) is 6.23. The minimum Gasteiger partial charge on any atom is -0.450 e. The highest BCUT2D eigenvalue weighted by atomic mass is 16.5. The van der Waals surface area contributed by atoms with E-state index in [1.807, 2.05) is 0 Å². The highest BCUT2D eigenvalue weighted by molar-refractivity contribution is 6.37. The largest absolute Gasteiger partial charge is 0.450 e. The minimum atomic E-state index is -0.898. The molecule has 0 saturated heterocycles. The second-order valence-electron chi connectivity index (χ2n) is 4.37. The predicted molar refractivity (Wildman–Crippen MR) is 71.1 cm³/mol. The van der Waals surface area contributed by atoms with Crippen molar-refractivity contribution in [3.05, 3.63) is 35.9 Å². The Labute approximate surface area is 115 Å². The van der Waals surface area contributed by atoms with E-state index >= 15 is 0 Å². The van der Waals surface area contributed by atoms with Gasteiger partial charge in [-0.2, -0.15) is 5.10 Å². The van der Waals surface area contributed by atoms with Gasteiger partial charge < -0.3 is 4.74 Å². The number of nitrogens with one attached hydrogen (secondary N) is 1. The average molecular weight is 274 g/mol. The molecule has 0 unspecified atom stereocenters. The molecule has 1 heterocycles. The topological polar surface area (TPSA) is 84.8 Å². The van der Waals surface area contributed by atoms with E-state index in [2.05, 4.69) is 10.5 Å². The van der Waals surface area contributed by atoms with Crippen LogP contribution in [0.4, 0.5) is 0 Å². The van der Waals surface area contributed by atoms with Gasteiger partial charge in [-0.3, -0.25) is 9.59 Å². The fourth-order valence-electron chi connectivity index (χ4n) is 1.74. The molecule has 1 aromatic rings. The lowest BCUT2D eigenvalue weighted by Gasteiger charge is -2.15. The van der Waals surface area contributed by atoms with Gasteiger partial charge in [-0.15, -0.1) is 0 Å². The van der Waals surface area contributed by atoms with Gasteiger partial charge in [-0.05, 0) is 6.92 Å². The van der Waals surface area contributed by atoms with Crippen LogP contribution in [0, 0.1) is 0 Å². The minimum absolute atomic E-state index is 0.123. The van der Waals surface area contributed by atoms with Crippen molar-refractivity contribution in [1.29, 1.82) is 0 Å². The number of hydrogen-bond acceptors (Lipinski definition) is 5. The van der Waals surface area contributed by atoms with Crippen molar-refractivity contribution in [2.45, 2.75) is 25.9 Å². The van der Waals surface area contributed by atoms with Crippen LogP contribution >= 0.6 is 0 Å². The number of hydrazone groups is 1. The average Bonchev–Trinajstić information content (AvgIpc) is 2.48. The molecule has 0 saturated carbocycles. The van der Waals surface area contributed by atoms with E-state index in [9.17, 15) is 14.4 Å². The molecule has 6 heteroatoms. The maximum atomic E-state index is 12.0.